The Morgan fingerprint density at radius 3 is 2.88 bits per heavy atom. The van der Waals surface area contributed by atoms with Gasteiger partial charge in [-0.25, -0.2) is 0 Å². The summed E-state index contributed by atoms with van der Waals surface area (Å²) in [5.41, 5.74) is 0.993. The highest BCUT2D eigenvalue weighted by atomic mass is 32.2. The third-order valence-electron chi connectivity index (χ3n) is 4.18. The molecule has 2 unspecified atom stereocenters. The van der Waals surface area contributed by atoms with Crippen LogP contribution in [0.15, 0.2) is 24.3 Å². The highest BCUT2D eigenvalue weighted by molar-refractivity contribution is 7.74. The first-order chi connectivity index (χ1) is 11.9. The van der Waals surface area contributed by atoms with Crippen molar-refractivity contribution in [2.24, 2.45) is 5.92 Å². The van der Waals surface area contributed by atoms with Crippen molar-refractivity contribution >= 4 is 17.3 Å². The predicted molar refractivity (Wildman–Crippen MR) is 95.6 cm³/mol. The number of carbonyl (C=O) groups is 1. The Morgan fingerprint density at radius 2 is 2.24 bits per heavy atom. The Bertz CT molecular complexity index is 590. The lowest BCUT2D eigenvalue weighted by molar-refractivity contribution is -0.130. The van der Waals surface area contributed by atoms with E-state index in [2.05, 4.69) is 4.90 Å². The second-order valence-electron chi connectivity index (χ2n) is 6.45. The fourth-order valence-electron chi connectivity index (χ4n) is 2.78. The topological polar surface area (TPSA) is 79.3 Å². The summed E-state index contributed by atoms with van der Waals surface area (Å²) in [5, 5.41) is 0. The molecule has 0 aromatic heterocycles. The Morgan fingerprint density at radius 1 is 1.44 bits per heavy atom. The maximum atomic E-state index is 12.1. The smallest absolute Gasteiger partial charge is 0.357 e. The number of amides is 1. The first-order valence-electron chi connectivity index (χ1n) is 8.32. The second kappa shape index (κ2) is 9.86. The minimum absolute atomic E-state index is 0.0756. The number of hydrogen-bond donors (Lipinski definition) is 1. The molecule has 25 heavy (non-hydrogen) atoms. The summed E-state index contributed by atoms with van der Waals surface area (Å²) in [6, 6.07) is 7.12. The summed E-state index contributed by atoms with van der Waals surface area (Å²) in [5.74, 6) is 0.895. The molecule has 0 aliphatic carbocycles. The molecule has 1 aromatic rings. The molecule has 140 valence electrons. The lowest BCUT2D eigenvalue weighted by Crippen LogP contribution is -2.40. The molecule has 1 aliphatic heterocycles. The Hall–Kier alpha value is -1.48. The van der Waals surface area contributed by atoms with Crippen LogP contribution >= 0.6 is 0 Å². The van der Waals surface area contributed by atoms with Crippen molar-refractivity contribution in [3.8, 4) is 5.75 Å². The van der Waals surface area contributed by atoms with Gasteiger partial charge in [-0.05, 0) is 36.5 Å². The highest BCUT2D eigenvalue weighted by Gasteiger charge is 2.21. The van der Waals surface area contributed by atoms with Gasteiger partial charge in [0.05, 0.1) is 13.2 Å². The molecule has 2 rings (SSSR count). The fraction of sp³-hybridized carbons (Fsp3) is 0.588. The third kappa shape index (κ3) is 7.11. The van der Waals surface area contributed by atoms with Crippen molar-refractivity contribution in [2.45, 2.75) is 12.8 Å². The molecule has 0 spiro atoms. The van der Waals surface area contributed by atoms with E-state index in [9.17, 15) is 9.00 Å². The van der Waals surface area contributed by atoms with Crippen LogP contribution in [0.25, 0.3) is 0 Å². The molecule has 1 fully saturated rings. The predicted octanol–water partition coefficient (Wildman–Crippen LogP) is 1.17. The van der Waals surface area contributed by atoms with Crippen molar-refractivity contribution in [1.29, 1.82) is 0 Å². The quantitative estimate of drug-likeness (QED) is 0.658. The molecule has 1 N–H and O–H groups in total. The molecule has 1 saturated heterocycles. The van der Waals surface area contributed by atoms with E-state index in [1.165, 1.54) is 0 Å². The number of rotatable bonds is 9. The van der Waals surface area contributed by atoms with Crippen LogP contribution in [-0.4, -0.2) is 71.4 Å². The van der Waals surface area contributed by atoms with E-state index in [0.717, 1.165) is 44.7 Å². The van der Waals surface area contributed by atoms with Crippen molar-refractivity contribution in [1.82, 2.24) is 9.80 Å². The fourth-order valence-corrected chi connectivity index (χ4v) is 3.05. The van der Waals surface area contributed by atoms with Gasteiger partial charge in [-0.3, -0.25) is 14.2 Å². The summed E-state index contributed by atoms with van der Waals surface area (Å²) in [4.78, 5) is 15.8. The van der Waals surface area contributed by atoms with E-state index in [-0.39, 0.29) is 5.91 Å². The number of likely N-dealkylation sites (N-methyl/N-ethyl adjacent to an activating group) is 1. The lowest BCUT2D eigenvalue weighted by atomic mass is 10.1. The van der Waals surface area contributed by atoms with Crippen LogP contribution in [0.5, 0.6) is 5.75 Å². The largest absolute Gasteiger partial charge is 0.381 e. The van der Waals surface area contributed by atoms with Gasteiger partial charge in [-0.1, -0.05) is 12.1 Å². The number of ether oxygens (including phenoxy) is 1. The molecule has 8 heteroatoms. The van der Waals surface area contributed by atoms with Crippen LogP contribution < -0.4 is 4.18 Å². The van der Waals surface area contributed by atoms with Crippen LogP contribution in [0, 0.1) is 5.92 Å². The summed E-state index contributed by atoms with van der Waals surface area (Å²) >= 11 is -2.33. The summed E-state index contributed by atoms with van der Waals surface area (Å²) in [6.07, 6.45) is 1.75. The van der Waals surface area contributed by atoms with E-state index in [1.807, 2.05) is 6.07 Å². The van der Waals surface area contributed by atoms with E-state index in [1.54, 1.807) is 37.2 Å². The van der Waals surface area contributed by atoms with Crippen molar-refractivity contribution in [2.75, 3.05) is 46.9 Å². The molecule has 7 nitrogen and oxygen atoms in total. The molecule has 2 atom stereocenters. The van der Waals surface area contributed by atoms with Crippen LogP contribution in [0.3, 0.4) is 0 Å². The van der Waals surface area contributed by atoms with E-state index < -0.39 is 11.4 Å². The van der Waals surface area contributed by atoms with Gasteiger partial charge in [0.15, 0.2) is 0 Å². The van der Waals surface area contributed by atoms with Gasteiger partial charge >= 0.3 is 11.4 Å². The molecule has 1 heterocycles. The number of hydrogen-bond acceptors (Lipinski definition) is 5. The SMILES string of the molecule is CN(C)C(=O)CN(CCc1cccc(OS(=O)O)c1)CC1CCOC1. The molecule has 1 aliphatic rings. The number of nitrogens with zero attached hydrogens (tertiary/aromatic N) is 2. The molecule has 0 bridgehead atoms. The Labute approximate surface area is 151 Å². The summed E-state index contributed by atoms with van der Waals surface area (Å²) in [6.45, 7) is 3.47. The first kappa shape index (κ1) is 19.8. The van der Waals surface area contributed by atoms with Gasteiger partial charge in [-0.15, -0.1) is 0 Å². The minimum Gasteiger partial charge on any atom is -0.381 e. The zero-order valence-corrected chi connectivity index (χ0v) is 15.5. The van der Waals surface area contributed by atoms with E-state index in [0.29, 0.717) is 18.2 Å². The van der Waals surface area contributed by atoms with Crippen LogP contribution in [-0.2, 0) is 27.3 Å². The Balaban J connectivity index is 1.95. The first-order valence-corrected chi connectivity index (χ1v) is 9.35. The molecular formula is C17H26N2O5S. The van der Waals surface area contributed by atoms with E-state index >= 15 is 0 Å². The lowest BCUT2D eigenvalue weighted by Gasteiger charge is -2.25. The van der Waals surface area contributed by atoms with Gasteiger partial charge in [0.25, 0.3) is 0 Å². The summed E-state index contributed by atoms with van der Waals surface area (Å²) < 4.78 is 29.8. The van der Waals surface area contributed by atoms with Crippen molar-refractivity contribution < 1.29 is 22.5 Å². The zero-order valence-electron chi connectivity index (χ0n) is 14.7. The highest BCUT2D eigenvalue weighted by Crippen LogP contribution is 2.17. The minimum atomic E-state index is -2.33. The number of benzene rings is 1. The number of carbonyl (C=O) groups excluding carboxylic acids is 1. The van der Waals surface area contributed by atoms with E-state index in [4.69, 9.17) is 13.5 Å². The average Bonchev–Trinajstić information content (AvgIpc) is 3.05. The Kier molecular flexibility index (Phi) is 7.83. The van der Waals surface area contributed by atoms with Crippen molar-refractivity contribution in [3.05, 3.63) is 29.8 Å². The monoisotopic (exact) mass is 370 g/mol. The zero-order chi connectivity index (χ0) is 18.2. The molecule has 1 amide bonds. The normalized spacial score (nSPS) is 18.3. The van der Waals surface area contributed by atoms with Crippen LogP contribution in [0.4, 0.5) is 0 Å². The third-order valence-corrected chi connectivity index (χ3v) is 4.52. The maximum absolute atomic E-state index is 12.1. The molecule has 0 radical (unpaired) electrons. The van der Waals surface area contributed by atoms with Gasteiger partial charge < -0.3 is 13.8 Å². The standard InChI is InChI=1S/C17H26N2O5S/c1-18(2)17(20)12-19(11-15-7-9-23-13-15)8-6-14-4-3-5-16(10-14)24-25(21)22/h3-5,10,15H,6-9,11-13H2,1-2H3,(H,21,22). The summed E-state index contributed by atoms with van der Waals surface area (Å²) in [7, 11) is 3.52. The second-order valence-corrected chi connectivity index (χ2v) is 7.05. The average molecular weight is 370 g/mol. The van der Waals surface area contributed by atoms with Crippen LogP contribution in [0.2, 0.25) is 0 Å². The molecule has 1 aromatic carbocycles. The van der Waals surface area contributed by atoms with Gasteiger partial charge in [-0.2, -0.15) is 4.21 Å². The van der Waals surface area contributed by atoms with Gasteiger partial charge in [0.1, 0.15) is 5.75 Å². The molecular weight excluding hydrogens is 344 g/mol. The van der Waals surface area contributed by atoms with Crippen molar-refractivity contribution in [3.63, 3.8) is 0 Å². The van der Waals surface area contributed by atoms with Gasteiger partial charge in [0.2, 0.25) is 5.91 Å². The maximum Gasteiger partial charge on any atom is 0.357 e. The van der Waals surface area contributed by atoms with Crippen LogP contribution in [0.1, 0.15) is 12.0 Å². The van der Waals surface area contributed by atoms with Gasteiger partial charge in [0, 0.05) is 33.8 Å². The molecule has 0 saturated carbocycles.